The van der Waals surface area contributed by atoms with Crippen LogP contribution in [-0.2, 0) is 25.5 Å². The van der Waals surface area contributed by atoms with Crippen LogP contribution in [0.15, 0.2) is 30.3 Å². The molecular formula is C14H18N2O5. The molecular weight excluding hydrogens is 276 g/mol. The Morgan fingerprint density at radius 1 is 1.29 bits per heavy atom. The van der Waals surface area contributed by atoms with Crippen molar-refractivity contribution in [3.05, 3.63) is 35.9 Å². The van der Waals surface area contributed by atoms with E-state index >= 15 is 0 Å². The summed E-state index contributed by atoms with van der Waals surface area (Å²) in [5.41, 5.74) is 4.28. The number of aliphatic carboxylic acids is 1. The normalized spacial score (nSPS) is 13.0. The average Bonchev–Trinajstić information content (AvgIpc) is 2.46. The van der Waals surface area contributed by atoms with Crippen molar-refractivity contribution < 1.29 is 30.0 Å². The monoisotopic (exact) mass is 294 g/mol. The van der Waals surface area contributed by atoms with Gasteiger partial charge in [-0.15, -0.1) is 0 Å². The lowest BCUT2D eigenvalue weighted by atomic mass is 10.1. The van der Waals surface area contributed by atoms with Gasteiger partial charge in [0.05, 0.1) is 7.11 Å². The maximum absolute atomic E-state index is 11.8. The first kappa shape index (κ1) is 16.6. The van der Waals surface area contributed by atoms with Crippen LogP contribution in [0.3, 0.4) is 0 Å². The number of hydrogen-bond donors (Lipinski definition) is 2. The fourth-order valence-corrected chi connectivity index (χ4v) is 1.77. The SMILES string of the molecule is COC(=O)[C@@H](Cc1ccccc1)NC(=O)[C@@H]([NH3+])CC(=O)[O-]. The summed E-state index contributed by atoms with van der Waals surface area (Å²) in [6, 6.07) is 7.16. The zero-order valence-corrected chi connectivity index (χ0v) is 11.7. The Labute approximate surface area is 122 Å². The predicted molar refractivity (Wildman–Crippen MR) is 70.4 cm³/mol. The molecule has 0 saturated heterocycles. The molecule has 0 spiro atoms. The largest absolute Gasteiger partial charge is 0.550 e. The number of ether oxygens (including phenoxy) is 1. The molecule has 1 rings (SSSR count). The molecule has 1 aromatic rings. The number of amides is 1. The third-order valence-electron chi connectivity index (χ3n) is 2.87. The second-order valence-corrected chi connectivity index (χ2v) is 4.55. The van der Waals surface area contributed by atoms with Crippen LogP contribution in [0.4, 0.5) is 0 Å². The molecule has 0 heterocycles. The molecule has 1 amide bonds. The molecule has 0 radical (unpaired) electrons. The third kappa shape index (κ3) is 5.62. The summed E-state index contributed by atoms with van der Waals surface area (Å²) in [5, 5.41) is 12.9. The lowest BCUT2D eigenvalue weighted by molar-refractivity contribution is -0.408. The van der Waals surface area contributed by atoms with Crippen molar-refractivity contribution in [3.8, 4) is 0 Å². The van der Waals surface area contributed by atoms with Gasteiger partial charge in [-0.3, -0.25) is 4.79 Å². The fraction of sp³-hybridized carbons (Fsp3) is 0.357. The van der Waals surface area contributed by atoms with Crippen LogP contribution >= 0.6 is 0 Å². The van der Waals surface area contributed by atoms with Crippen LogP contribution < -0.4 is 16.2 Å². The molecule has 0 aliphatic carbocycles. The summed E-state index contributed by atoms with van der Waals surface area (Å²) >= 11 is 0. The number of benzene rings is 1. The standard InChI is InChI=1S/C14H18N2O5/c1-21-14(20)11(7-9-5-3-2-4-6-9)16-13(19)10(15)8-12(17)18/h2-6,10-11H,7-8,15H2,1H3,(H,16,19)(H,17,18)/t10-,11+/m0/s1. The molecule has 21 heavy (non-hydrogen) atoms. The van der Waals surface area contributed by atoms with Crippen molar-refractivity contribution in [3.63, 3.8) is 0 Å². The van der Waals surface area contributed by atoms with Gasteiger partial charge >= 0.3 is 5.97 Å². The predicted octanol–water partition coefficient (Wildman–Crippen LogP) is -2.36. The third-order valence-corrected chi connectivity index (χ3v) is 2.87. The molecule has 4 N–H and O–H groups in total. The highest BCUT2D eigenvalue weighted by atomic mass is 16.5. The van der Waals surface area contributed by atoms with Crippen LogP contribution in [0.25, 0.3) is 0 Å². The van der Waals surface area contributed by atoms with Crippen LogP contribution in [0.2, 0.25) is 0 Å². The molecule has 0 aliphatic rings. The van der Waals surface area contributed by atoms with E-state index in [9.17, 15) is 19.5 Å². The van der Waals surface area contributed by atoms with E-state index in [0.717, 1.165) is 5.56 Å². The molecule has 1 aromatic carbocycles. The maximum atomic E-state index is 11.8. The summed E-state index contributed by atoms with van der Waals surface area (Å²) in [6.45, 7) is 0. The number of quaternary nitrogens is 1. The van der Waals surface area contributed by atoms with E-state index in [1.54, 1.807) is 0 Å². The lowest BCUT2D eigenvalue weighted by Gasteiger charge is -2.18. The Balaban J connectivity index is 2.72. The highest BCUT2D eigenvalue weighted by Gasteiger charge is 2.26. The van der Waals surface area contributed by atoms with Gasteiger partial charge in [-0.25, -0.2) is 4.79 Å². The van der Waals surface area contributed by atoms with Crippen molar-refractivity contribution >= 4 is 17.8 Å². The number of carboxylic acid groups (broad SMARTS) is 1. The number of carbonyl (C=O) groups is 3. The number of hydrogen-bond acceptors (Lipinski definition) is 5. The number of carboxylic acids is 1. The second kappa shape index (κ2) is 8.01. The molecule has 7 nitrogen and oxygen atoms in total. The van der Waals surface area contributed by atoms with E-state index in [-0.39, 0.29) is 6.42 Å². The average molecular weight is 294 g/mol. The van der Waals surface area contributed by atoms with Gasteiger partial charge in [0.25, 0.3) is 5.91 Å². The van der Waals surface area contributed by atoms with Crippen molar-refractivity contribution in [1.29, 1.82) is 0 Å². The first-order valence-corrected chi connectivity index (χ1v) is 6.39. The molecule has 0 bridgehead atoms. The smallest absolute Gasteiger partial charge is 0.328 e. The van der Waals surface area contributed by atoms with Crippen molar-refractivity contribution in [2.45, 2.75) is 24.9 Å². The Kier molecular flexibility index (Phi) is 6.35. The van der Waals surface area contributed by atoms with Crippen LogP contribution in [-0.4, -0.2) is 37.0 Å². The minimum Gasteiger partial charge on any atom is -0.550 e. The zero-order chi connectivity index (χ0) is 15.8. The molecule has 0 aromatic heterocycles. The molecule has 114 valence electrons. The fourth-order valence-electron chi connectivity index (χ4n) is 1.77. The van der Waals surface area contributed by atoms with Gasteiger partial charge in [0, 0.05) is 18.8 Å². The minimum absolute atomic E-state index is 0.247. The molecule has 0 unspecified atom stereocenters. The van der Waals surface area contributed by atoms with E-state index in [2.05, 4.69) is 15.8 Å². The van der Waals surface area contributed by atoms with Gasteiger partial charge in [-0.2, -0.15) is 0 Å². The first-order chi connectivity index (χ1) is 9.93. The van der Waals surface area contributed by atoms with Gasteiger partial charge in [0.2, 0.25) is 0 Å². The van der Waals surface area contributed by atoms with E-state index in [4.69, 9.17) is 0 Å². The van der Waals surface area contributed by atoms with Crippen molar-refractivity contribution in [1.82, 2.24) is 5.32 Å². The lowest BCUT2D eigenvalue weighted by Crippen LogP contribution is -2.69. The van der Waals surface area contributed by atoms with Gasteiger partial charge in [0.15, 0.2) is 6.04 Å². The highest BCUT2D eigenvalue weighted by molar-refractivity contribution is 5.88. The van der Waals surface area contributed by atoms with Crippen molar-refractivity contribution in [2.75, 3.05) is 7.11 Å². The Morgan fingerprint density at radius 3 is 2.43 bits per heavy atom. The molecule has 0 fully saturated rings. The van der Waals surface area contributed by atoms with E-state index in [1.807, 2.05) is 30.3 Å². The van der Waals surface area contributed by atoms with Crippen LogP contribution in [0.1, 0.15) is 12.0 Å². The van der Waals surface area contributed by atoms with Crippen LogP contribution in [0.5, 0.6) is 0 Å². The van der Waals surface area contributed by atoms with E-state index < -0.39 is 36.4 Å². The Morgan fingerprint density at radius 2 is 1.90 bits per heavy atom. The summed E-state index contributed by atoms with van der Waals surface area (Å²) in [7, 11) is 1.22. The molecule has 0 saturated carbocycles. The zero-order valence-electron chi connectivity index (χ0n) is 11.7. The van der Waals surface area contributed by atoms with Crippen LogP contribution in [0, 0.1) is 0 Å². The van der Waals surface area contributed by atoms with Gasteiger partial charge in [0.1, 0.15) is 6.04 Å². The summed E-state index contributed by atoms with van der Waals surface area (Å²) in [5.74, 6) is -2.61. The summed E-state index contributed by atoms with van der Waals surface area (Å²) in [6.07, 6.45) is -0.262. The number of rotatable bonds is 7. The first-order valence-electron chi connectivity index (χ1n) is 6.39. The van der Waals surface area contributed by atoms with E-state index in [0.29, 0.717) is 0 Å². The van der Waals surface area contributed by atoms with Gasteiger partial charge < -0.3 is 25.7 Å². The maximum Gasteiger partial charge on any atom is 0.328 e. The van der Waals surface area contributed by atoms with Crippen molar-refractivity contribution in [2.24, 2.45) is 0 Å². The Hall–Kier alpha value is -2.41. The molecule has 7 heteroatoms. The molecule has 2 atom stereocenters. The number of esters is 1. The van der Waals surface area contributed by atoms with E-state index in [1.165, 1.54) is 7.11 Å². The second-order valence-electron chi connectivity index (χ2n) is 4.55. The summed E-state index contributed by atoms with van der Waals surface area (Å²) < 4.78 is 4.64. The van der Waals surface area contributed by atoms with Gasteiger partial charge in [-0.1, -0.05) is 30.3 Å². The summed E-state index contributed by atoms with van der Waals surface area (Å²) in [4.78, 5) is 34.0. The highest BCUT2D eigenvalue weighted by Crippen LogP contribution is 2.05. The Bertz CT molecular complexity index is 503. The number of nitrogens with one attached hydrogen (secondary N) is 1. The minimum atomic E-state index is -1.37. The van der Waals surface area contributed by atoms with Gasteiger partial charge in [-0.05, 0) is 5.56 Å². The molecule has 0 aliphatic heterocycles. The quantitative estimate of drug-likeness (QED) is 0.544. The number of carbonyl (C=O) groups excluding carboxylic acids is 3. The number of methoxy groups -OCH3 is 1. The topological polar surface area (TPSA) is 123 Å².